The fourth-order valence-electron chi connectivity index (χ4n) is 1.40. The van der Waals surface area contributed by atoms with Crippen molar-refractivity contribution in [2.24, 2.45) is 0 Å². The van der Waals surface area contributed by atoms with Crippen molar-refractivity contribution in [3.63, 3.8) is 0 Å². The fraction of sp³-hybridized carbons (Fsp3) is 0.583. The normalized spacial score (nSPS) is 12.0. The average Bonchev–Trinajstić information content (AvgIpc) is 2.36. The van der Waals surface area contributed by atoms with E-state index in [0.717, 1.165) is 6.54 Å². The van der Waals surface area contributed by atoms with Gasteiger partial charge in [-0.1, -0.05) is 0 Å². The Kier molecular flexibility index (Phi) is 5.51. The molecule has 100 valence electrons. The Labute approximate surface area is 107 Å². The van der Waals surface area contributed by atoms with Crippen molar-refractivity contribution in [1.29, 1.82) is 0 Å². The molecule has 6 nitrogen and oxygen atoms in total. The van der Waals surface area contributed by atoms with E-state index in [0.29, 0.717) is 24.5 Å². The zero-order valence-corrected chi connectivity index (χ0v) is 11.1. The number of carbonyl (C=O) groups excluding carboxylic acids is 1. The zero-order chi connectivity index (χ0) is 13.5. The summed E-state index contributed by atoms with van der Waals surface area (Å²) in [5.74, 6) is 0.465. The van der Waals surface area contributed by atoms with Crippen molar-refractivity contribution in [1.82, 2.24) is 15.1 Å². The van der Waals surface area contributed by atoms with E-state index in [1.165, 1.54) is 4.90 Å². The number of rotatable bonds is 6. The molecule has 1 aromatic heterocycles. The highest BCUT2D eigenvalue weighted by Crippen LogP contribution is 2.05. The molecule has 1 amide bonds. The van der Waals surface area contributed by atoms with Gasteiger partial charge in [0, 0.05) is 20.1 Å². The molecule has 1 rings (SSSR count). The molecule has 0 aliphatic carbocycles. The summed E-state index contributed by atoms with van der Waals surface area (Å²) in [6.07, 6.45) is 0.132. The van der Waals surface area contributed by atoms with Gasteiger partial charge in [0.05, 0.1) is 6.10 Å². The third kappa shape index (κ3) is 4.29. The Balaban J connectivity index is 2.60. The first-order valence-corrected chi connectivity index (χ1v) is 6.05. The summed E-state index contributed by atoms with van der Waals surface area (Å²) >= 11 is 0. The number of hydrogen-bond acceptors (Lipinski definition) is 5. The first-order chi connectivity index (χ1) is 8.54. The van der Waals surface area contributed by atoms with Gasteiger partial charge < -0.3 is 15.3 Å². The van der Waals surface area contributed by atoms with Gasteiger partial charge in [-0.25, -0.2) is 0 Å². The number of hydrogen-bond donors (Lipinski definition) is 2. The summed E-state index contributed by atoms with van der Waals surface area (Å²) in [5.41, 5.74) is 0.310. The van der Waals surface area contributed by atoms with Crippen LogP contribution in [0.5, 0.6) is 0 Å². The van der Waals surface area contributed by atoms with Gasteiger partial charge in [0.2, 0.25) is 0 Å². The molecule has 1 atom stereocenters. The summed E-state index contributed by atoms with van der Waals surface area (Å²) in [6, 6.07) is 3.37. The molecule has 6 heteroatoms. The minimum atomic E-state index is -0.414. The number of nitrogens with zero attached hydrogens (tertiary/aromatic N) is 3. The van der Waals surface area contributed by atoms with Gasteiger partial charge in [0.1, 0.15) is 5.82 Å². The van der Waals surface area contributed by atoms with Crippen molar-refractivity contribution < 1.29 is 9.90 Å². The average molecular weight is 252 g/mol. The van der Waals surface area contributed by atoms with Crippen molar-refractivity contribution in [3.05, 3.63) is 17.8 Å². The van der Waals surface area contributed by atoms with Crippen molar-refractivity contribution >= 4 is 11.7 Å². The monoisotopic (exact) mass is 252 g/mol. The summed E-state index contributed by atoms with van der Waals surface area (Å²) < 4.78 is 0. The van der Waals surface area contributed by atoms with Crippen LogP contribution < -0.4 is 5.32 Å². The molecule has 1 aromatic rings. The number of aliphatic hydroxyl groups is 1. The zero-order valence-electron chi connectivity index (χ0n) is 11.1. The van der Waals surface area contributed by atoms with E-state index in [2.05, 4.69) is 15.5 Å². The second-order valence-corrected chi connectivity index (χ2v) is 4.20. The Hall–Kier alpha value is -1.69. The number of aromatic nitrogens is 2. The SMILES string of the molecule is CCNc1ccc(C(=O)N(C)CCC(C)O)nn1. The van der Waals surface area contributed by atoms with Gasteiger partial charge >= 0.3 is 0 Å². The second-order valence-electron chi connectivity index (χ2n) is 4.20. The molecule has 0 saturated carbocycles. The maximum Gasteiger partial charge on any atom is 0.274 e. The van der Waals surface area contributed by atoms with E-state index < -0.39 is 6.10 Å². The number of amides is 1. The van der Waals surface area contributed by atoms with Crippen LogP contribution in [0.3, 0.4) is 0 Å². The minimum Gasteiger partial charge on any atom is -0.393 e. The number of nitrogens with one attached hydrogen (secondary N) is 1. The van der Waals surface area contributed by atoms with Crippen LogP contribution in [-0.4, -0.2) is 52.4 Å². The smallest absolute Gasteiger partial charge is 0.274 e. The second kappa shape index (κ2) is 6.90. The fourth-order valence-corrected chi connectivity index (χ4v) is 1.40. The van der Waals surface area contributed by atoms with Crippen LogP contribution in [0.15, 0.2) is 12.1 Å². The number of aliphatic hydroxyl groups excluding tert-OH is 1. The Bertz CT molecular complexity index is 378. The molecule has 0 aliphatic rings. The number of anilines is 1. The lowest BCUT2D eigenvalue weighted by Gasteiger charge is -2.17. The lowest BCUT2D eigenvalue weighted by atomic mass is 10.2. The van der Waals surface area contributed by atoms with Crippen molar-refractivity contribution in [2.75, 3.05) is 25.5 Å². The molecule has 2 N–H and O–H groups in total. The third-order valence-electron chi connectivity index (χ3n) is 2.47. The van der Waals surface area contributed by atoms with Crippen molar-refractivity contribution in [3.8, 4) is 0 Å². The van der Waals surface area contributed by atoms with Crippen LogP contribution in [0.1, 0.15) is 30.8 Å². The maximum absolute atomic E-state index is 11.9. The maximum atomic E-state index is 11.9. The van der Waals surface area contributed by atoms with Crippen molar-refractivity contribution in [2.45, 2.75) is 26.4 Å². The van der Waals surface area contributed by atoms with Crippen LogP contribution in [0, 0.1) is 0 Å². The van der Waals surface area contributed by atoms with E-state index in [1.807, 2.05) is 6.92 Å². The van der Waals surface area contributed by atoms with Gasteiger partial charge in [0.15, 0.2) is 5.69 Å². The van der Waals surface area contributed by atoms with E-state index in [9.17, 15) is 9.90 Å². The van der Waals surface area contributed by atoms with E-state index in [4.69, 9.17) is 0 Å². The molecule has 0 aromatic carbocycles. The topological polar surface area (TPSA) is 78.4 Å². The quantitative estimate of drug-likeness (QED) is 0.781. The molecular weight excluding hydrogens is 232 g/mol. The van der Waals surface area contributed by atoms with E-state index >= 15 is 0 Å². The van der Waals surface area contributed by atoms with Crippen LogP contribution in [-0.2, 0) is 0 Å². The lowest BCUT2D eigenvalue weighted by molar-refractivity contribution is 0.0762. The first kappa shape index (κ1) is 14.4. The molecule has 0 spiro atoms. The van der Waals surface area contributed by atoms with E-state index in [-0.39, 0.29) is 5.91 Å². The highest BCUT2D eigenvalue weighted by Gasteiger charge is 2.14. The molecule has 1 heterocycles. The lowest BCUT2D eigenvalue weighted by Crippen LogP contribution is -2.30. The van der Waals surface area contributed by atoms with Crippen LogP contribution in [0.25, 0.3) is 0 Å². The highest BCUT2D eigenvalue weighted by molar-refractivity contribution is 5.92. The summed E-state index contributed by atoms with van der Waals surface area (Å²) in [4.78, 5) is 13.5. The minimum absolute atomic E-state index is 0.189. The first-order valence-electron chi connectivity index (χ1n) is 6.05. The largest absolute Gasteiger partial charge is 0.393 e. The van der Waals surface area contributed by atoms with Crippen LogP contribution in [0.2, 0.25) is 0 Å². The van der Waals surface area contributed by atoms with Crippen LogP contribution in [0.4, 0.5) is 5.82 Å². The predicted molar refractivity (Wildman–Crippen MR) is 69.5 cm³/mol. The van der Waals surface area contributed by atoms with Crippen LogP contribution >= 0.6 is 0 Å². The summed E-state index contributed by atoms with van der Waals surface area (Å²) in [5, 5.41) is 20.0. The van der Waals surface area contributed by atoms with E-state index in [1.54, 1.807) is 26.1 Å². The molecule has 18 heavy (non-hydrogen) atoms. The highest BCUT2D eigenvalue weighted by atomic mass is 16.3. The van der Waals surface area contributed by atoms with Gasteiger partial charge in [-0.3, -0.25) is 4.79 Å². The molecular formula is C12H20N4O2. The molecule has 1 unspecified atom stereocenters. The molecule has 0 fully saturated rings. The van der Waals surface area contributed by atoms with Gasteiger partial charge in [-0.2, -0.15) is 0 Å². The standard InChI is InChI=1S/C12H20N4O2/c1-4-13-11-6-5-10(14-15-11)12(18)16(3)8-7-9(2)17/h5-6,9,17H,4,7-8H2,1-3H3,(H,13,15). The molecule has 0 aliphatic heterocycles. The summed E-state index contributed by atoms with van der Waals surface area (Å²) in [6.45, 7) is 4.91. The Morgan fingerprint density at radius 1 is 1.50 bits per heavy atom. The molecule has 0 radical (unpaired) electrons. The predicted octanol–water partition coefficient (Wildman–Crippen LogP) is 0.751. The van der Waals surface area contributed by atoms with Gasteiger partial charge in [0.25, 0.3) is 5.91 Å². The molecule has 0 bridgehead atoms. The Morgan fingerprint density at radius 3 is 2.72 bits per heavy atom. The van der Waals surface area contributed by atoms with Gasteiger partial charge in [-0.05, 0) is 32.4 Å². The number of carbonyl (C=O) groups is 1. The molecule has 0 saturated heterocycles. The van der Waals surface area contributed by atoms with Gasteiger partial charge in [-0.15, -0.1) is 10.2 Å². The Morgan fingerprint density at radius 2 is 2.22 bits per heavy atom. The summed E-state index contributed by atoms with van der Waals surface area (Å²) in [7, 11) is 1.69. The third-order valence-corrected chi connectivity index (χ3v) is 2.47.